The third-order valence-corrected chi connectivity index (χ3v) is 7.49. The molecule has 0 spiro atoms. The fraction of sp³-hybridized carbons (Fsp3) is 0.808. The van der Waals surface area contributed by atoms with Crippen LogP contribution in [0.5, 0.6) is 0 Å². The lowest BCUT2D eigenvalue weighted by Gasteiger charge is -2.32. The van der Waals surface area contributed by atoms with Gasteiger partial charge in [0.15, 0.2) is 5.78 Å². The minimum Gasteiger partial charge on any atom is -0.378 e. The second-order valence-electron chi connectivity index (χ2n) is 10.7. The van der Waals surface area contributed by atoms with E-state index in [1.165, 1.54) is 0 Å². The van der Waals surface area contributed by atoms with Crippen LogP contribution < -0.4 is 0 Å². The Morgan fingerprint density at radius 1 is 1.16 bits per heavy atom. The minimum absolute atomic E-state index is 0.0141. The number of hydrogen-bond acceptors (Lipinski definition) is 5. The highest BCUT2D eigenvalue weighted by Crippen LogP contribution is 2.44. The van der Waals surface area contributed by atoms with E-state index < -0.39 is 18.1 Å². The Labute approximate surface area is 193 Å². The number of rotatable bonds is 1. The van der Waals surface area contributed by atoms with Crippen LogP contribution in [0.15, 0.2) is 12.2 Å². The fourth-order valence-electron chi connectivity index (χ4n) is 5.79. The van der Waals surface area contributed by atoms with Crippen LogP contribution in [0.3, 0.4) is 0 Å². The SMILES string of the molecule is C[C@H]1CCCC/C=C/CCCC[C@@H](C(O)C#N)CC(=O)[C@@H]2[C@H]3CC(C)(C)OC3CN2C1=O. The number of amides is 1. The van der Waals surface area contributed by atoms with E-state index in [0.29, 0.717) is 13.0 Å². The van der Waals surface area contributed by atoms with Gasteiger partial charge in [0.05, 0.1) is 23.8 Å². The van der Waals surface area contributed by atoms with E-state index in [4.69, 9.17) is 4.74 Å². The summed E-state index contributed by atoms with van der Waals surface area (Å²) in [5.41, 5.74) is -0.303. The summed E-state index contributed by atoms with van der Waals surface area (Å²) >= 11 is 0. The molecule has 0 saturated carbocycles. The van der Waals surface area contributed by atoms with Crippen LogP contribution in [0, 0.1) is 29.1 Å². The van der Waals surface area contributed by atoms with Gasteiger partial charge < -0.3 is 14.7 Å². The van der Waals surface area contributed by atoms with Gasteiger partial charge in [-0.15, -0.1) is 0 Å². The molecule has 32 heavy (non-hydrogen) atoms. The molecule has 1 N–H and O–H groups in total. The number of carbonyl (C=O) groups is 2. The van der Waals surface area contributed by atoms with Crippen LogP contribution in [0.25, 0.3) is 0 Å². The number of carbonyl (C=O) groups excluding carboxylic acids is 2. The molecular weight excluding hydrogens is 404 g/mol. The predicted molar refractivity (Wildman–Crippen MR) is 123 cm³/mol. The Morgan fingerprint density at radius 3 is 2.47 bits per heavy atom. The second-order valence-corrected chi connectivity index (χ2v) is 10.7. The highest BCUT2D eigenvalue weighted by molar-refractivity contribution is 5.91. The van der Waals surface area contributed by atoms with Crippen molar-refractivity contribution >= 4 is 11.7 Å². The molecule has 2 unspecified atom stereocenters. The Bertz CT molecular complexity index is 741. The van der Waals surface area contributed by atoms with Crippen LogP contribution in [0.2, 0.25) is 0 Å². The largest absolute Gasteiger partial charge is 0.378 e. The van der Waals surface area contributed by atoms with Crippen molar-refractivity contribution in [3.63, 3.8) is 0 Å². The van der Waals surface area contributed by atoms with E-state index in [2.05, 4.69) is 12.2 Å². The maximum Gasteiger partial charge on any atom is 0.226 e. The molecular formula is C26H40N2O4. The maximum atomic E-state index is 13.6. The van der Waals surface area contributed by atoms with E-state index in [9.17, 15) is 20.0 Å². The molecule has 6 heteroatoms. The number of nitriles is 1. The van der Waals surface area contributed by atoms with Gasteiger partial charge >= 0.3 is 0 Å². The van der Waals surface area contributed by atoms with Crippen LogP contribution in [-0.4, -0.2) is 52.1 Å². The van der Waals surface area contributed by atoms with Gasteiger partial charge in [-0.25, -0.2) is 0 Å². The molecule has 3 heterocycles. The molecule has 0 aromatic heterocycles. The van der Waals surface area contributed by atoms with E-state index >= 15 is 0 Å². The van der Waals surface area contributed by atoms with E-state index in [1.54, 1.807) is 4.90 Å². The number of nitrogens with zero attached hydrogens (tertiary/aromatic N) is 2. The van der Waals surface area contributed by atoms with Gasteiger partial charge in [-0.2, -0.15) is 5.26 Å². The highest BCUT2D eigenvalue weighted by atomic mass is 16.5. The molecule has 0 aromatic rings. The van der Waals surface area contributed by atoms with Gasteiger partial charge in [-0.1, -0.05) is 31.9 Å². The zero-order valence-corrected chi connectivity index (χ0v) is 20.0. The zero-order chi connectivity index (χ0) is 23.3. The van der Waals surface area contributed by atoms with Crippen molar-refractivity contribution < 1.29 is 19.4 Å². The molecule has 2 saturated heterocycles. The summed E-state index contributed by atoms with van der Waals surface area (Å²) in [5, 5.41) is 19.6. The molecule has 2 fully saturated rings. The molecule has 0 radical (unpaired) electrons. The Hall–Kier alpha value is -1.71. The maximum absolute atomic E-state index is 13.6. The Kier molecular flexibility index (Phi) is 8.52. The van der Waals surface area contributed by atoms with Crippen LogP contribution in [0.1, 0.15) is 85.0 Å². The monoisotopic (exact) mass is 444 g/mol. The number of ether oxygens (including phenoxy) is 1. The van der Waals surface area contributed by atoms with Crippen molar-refractivity contribution in [1.82, 2.24) is 4.90 Å². The van der Waals surface area contributed by atoms with Crippen molar-refractivity contribution in [3.05, 3.63) is 12.2 Å². The van der Waals surface area contributed by atoms with Crippen molar-refractivity contribution in [3.8, 4) is 6.07 Å². The average Bonchev–Trinajstić information content (AvgIpc) is 3.23. The standard InChI is InChI=1S/C26H40N2O4/c1-18-12-10-8-6-4-5-7-9-11-13-19(22(30)16-27)14-21(29)24-20-15-26(2,3)32-23(20)17-28(24)25(18)31/h4-5,18-20,22-24,30H,6-15,17H2,1-3H3/b5-4+/t18-,19+,20-,22?,23?,24-/m0/s1. The molecule has 6 atom stereocenters. The molecule has 3 aliphatic heterocycles. The van der Waals surface area contributed by atoms with Gasteiger partial charge in [0.2, 0.25) is 5.91 Å². The first-order chi connectivity index (χ1) is 15.2. The second kappa shape index (κ2) is 10.9. The summed E-state index contributed by atoms with van der Waals surface area (Å²) < 4.78 is 6.22. The van der Waals surface area contributed by atoms with Gasteiger partial charge in [0.1, 0.15) is 6.10 Å². The molecule has 178 valence electrons. The number of hydrogen-bond donors (Lipinski definition) is 1. The molecule has 1 amide bonds. The van der Waals surface area contributed by atoms with Crippen molar-refractivity contribution in [2.45, 2.75) is 109 Å². The van der Waals surface area contributed by atoms with Gasteiger partial charge in [0, 0.05) is 30.7 Å². The van der Waals surface area contributed by atoms with Crippen LogP contribution in [-0.2, 0) is 14.3 Å². The normalized spacial score (nSPS) is 36.6. The molecule has 0 aliphatic carbocycles. The van der Waals surface area contributed by atoms with Crippen molar-refractivity contribution in [2.75, 3.05) is 6.54 Å². The molecule has 0 bridgehead atoms. The molecule has 3 rings (SSSR count). The summed E-state index contributed by atoms with van der Waals surface area (Å²) in [7, 11) is 0. The van der Waals surface area contributed by atoms with E-state index in [1.807, 2.05) is 26.8 Å². The van der Waals surface area contributed by atoms with E-state index in [0.717, 1.165) is 51.4 Å². The number of aliphatic hydroxyl groups excluding tert-OH is 1. The van der Waals surface area contributed by atoms with Gasteiger partial charge in [0.25, 0.3) is 0 Å². The lowest BCUT2D eigenvalue weighted by molar-refractivity contribution is -0.143. The fourth-order valence-corrected chi connectivity index (χ4v) is 5.79. The number of Topliss-reactive ketones (excluding diaryl/α,β-unsaturated/α-hetero) is 1. The third kappa shape index (κ3) is 5.99. The first-order valence-corrected chi connectivity index (χ1v) is 12.5. The quantitative estimate of drug-likeness (QED) is 0.484. The topological polar surface area (TPSA) is 90.6 Å². The molecule has 6 nitrogen and oxygen atoms in total. The molecule has 0 aromatic carbocycles. The summed E-state index contributed by atoms with van der Waals surface area (Å²) in [6, 6.07) is 1.42. The number of ketones is 1. The number of allylic oxidation sites excluding steroid dienone is 2. The van der Waals surface area contributed by atoms with Gasteiger partial charge in [-0.3, -0.25) is 9.59 Å². The third-order valence-electron chi connectivity index (χ3n) is 7.49. The van der Waals surface area contributed by atoms with Crippen LogP contribution >= 0.6 is 0 Å². The Balaban J connectivity index is 1.83. The van der Waals surface area contributed by atoms with Crippen molar-refractivity contribution in [1.29, 1.82) is 5.26 Å². The highest BCUT2D eigenvalue weighted by Gasteiger charge is 2.55. The first-order valence-electron chi connectivity index (χ1n) is 12.5. The summed E-state index contributed by atoms with van der Waals surface area (Å²) in [6.45, 7) is 6.51. The summed E-state index contributed by atoms with van der Waals surface area (Å²) in [4.78, 5) is 28.8. The lowest BCUT2D eigenvalue weighted by atomic mass is 9.83. The first kappa shape index (κ1) is 24.9. The lowest BCUT2D eigenvalue weighted by Crippen LogP contribution is -2.47. The number of fused-ring (bicyclic) bond motifs is 3. The average molecular weight is 445 g/mol. The van der Waals surface area contributed by atoms with Crippen LogP contribution in [0.4, 0.5) is 0 Å². The van der Waals surface area contributed by atoms with Gasteiger partial charge in [-0.05, 0) is 58.8 Å². The predicted octanol–water partition coefficient (Wildman–Crippen LogP) is 4.17. The summed E-state index contributed by atoms with van der Waals surface area (Å²) in [5.74, 6) is -0.521. The summed E-state index contributed by atoms with van der Waals surface area (Å²) in [6.07, 6.45) is 11.4. The van der Waals surface area contributed by atoms with Crippen molar-refractivity contribution in [2.24, 2.45) is 17.8 Å². The smallest absolute Gasteiger partial charge is 0.226 e. The Morgan fingerprint density at radius 2 is 1.81 bits per heavy atom. The van der Waals surface area contributed by atoms with E-state index in [-0.39, 0.29) is 41.7 Å². The molecule has 3 aliphatic rings. The minimum atomic E-state index is -1.16. The number of aliphatic hydroxyl groups is 1. The zero-order valence-electron chi connectivity index (χ0n) is 20.0.